The highest BCUT2D eigenvalue weighted by molar-refractivity contribution is 5.47. The highest BCUT2D eigenvalue weighted by Gasteiger charge is 2.29. The third kappa shape index (κ3) is 2.81. The van der Waals surface area contributed by atoms with Gasteiger partial charge in [0.1, 0.15) is 0 Å². The van der Waals surface area contributed by atoms with Crippen molar-refractivity contribution in [1.82, 2.24) is 0 Å². The number of piperidine rings is 1. The van der Waals surface area contributed by atoms with Crippen LogP contribution >= 0.6 is 0 Å². The van der Waals surface area contributed by atoms with Gasteiger partial charge in [-0.3, -0.25) is 0 Å². The minimum Gasteiger partial charge on any atom is -0.368 e. The number of para-hydroxylation sites is 1. The average molecular weight is 231 g/mol. The van der Waals surface area contributed by atoms with Crippen molar-refractivity contribution in [2.45, 2.75) is 31.7 Å². The number of rotatable bonds is 4. The Kier molecular flexibility index (Phi) is 3.32. The lowest BCUT2D eigenvalue weighted by molar-refractivity contribution is -0.662. The first kappa shape index (κ1) is 11.1. The van der Waals surface area contributed by atoms with Crippen LogP contribution < -0.4 is 10.2 Å². The van der Waals surface area contributed by atoms with E-state index in [1.807, 2.05) is 0 Å². The summed E-state index contributed by atoms with van der Waals surface area (Å²) in [4.78, 5) is 2.69. The fraction of sp³-hybridized carbons (Fsp3) is 0.600. The van der Waals surface area contributed by atoms with E-state index in [1.54, 1.807) is 0 Å². The minimum absolute atomic E-state index is 0.781. The van der Waals surface area contributed by atoms with Gasteiger partial charge in [0.05, 0.1) is 13.1 Å². The molecule has 2 N–H and O–H groups in total. The molecule has 1 aliphatic carbocycles. The van der Waals surface area contributed by atoms with Crippen molar-refractivity contribution in [2.75, 3.05) is 24.5 Å². The largest absolute Gasteiger partial charge is 0.368 e. The summed E-state index contributed by atoms with van der Waals surface area (Å²) in [6.45, 7) is 3.89. The summed E-state index contributed by atoms with van der Waals surface area (Å²) in [5.74, 6) is 0.973. The first-order chi connectivity index (χ1) is 8.43. The van der Waals surface area contributed by atoms with Gasteiger partial charge in [-0.05, 0) is 30.9 Å². The first-order valence-corrected chi connectivity index (χ1v) is 7.07. The summed E-state index contributed by atoms with van der Waals surface area (Å²) in [5, 5.41) is 2.46. The van der Waals surface area contributed by atoms with Gasteiger partial charge in [-0.15, -0.1) is 0 Å². The van der Waals surface area contributed by atoms with Gasteiger partial charge >= 0.3 is 0 Å². The fourth-order valence-electron chi connectivity index (χ4n) is 2.88. The van der Waals surface area contributed by atoms with Crippen LogP contribution in [0.15, 0.2) is 30.3 Å². The zero-order chi connectivity index (χ0) is 11.5. The quantitative estimate of drug-likeness (QED) is 0.835. The predicted molar refractivity (Wildman–Crippen MR) is 71.2 cm³/mol. The normalized spacial score (nSPS) is 21.4. The van der Waals surface area contributed by atoms with E-state index in [4.69, 9.17) is 0 Å². The van der Waals surface area contributed by atoms with Gasteiger partial charge in [0.25, 0.3) is 0 Å². The first-order valence-electron chi connectivity index (χ1n) is 7.07. The molecule has 0 atom stereocenters. The SMILES string of the molecule is c1ccc(N(CC2CC2)C2CC[NH2+]CC2)cc1. The monoisotopic (exact) mass is 231 g/mol. The molecule has 0 amide bonds. The molecule has 1 aromatic rings. The highest BCUT2D eigenvalue weighted by Crippen LogP contribution is 2.33. The second kappa shape index (κ2) is 5.09. The number of hydrogen-bond donors (Lipinski definition) is 1. The van der Waals surface area contributed by atoms with E-state index in [0.717, 1.165) is 12.0 Å². The van der Waals surface area contributed by atoms with Crippen LogP contribution in [-0.4, -0.2) is 25.7 Å². The Morgan fingerprint density at radius 1 is 1.00 bits per heavy atom. The molecule has 2 aliphatic rings. The second-order valence-corrected chi connectivity index (χ2v) is 5.53. The molecule has 0 unspecified atom stereocenters. The summed E-state index contributed by atoms with van der Waals surface area (Å²) in [7, 11) is 0. The lowest BCUT2D eigenvalue weighted by atomic mass is 10.0. The molecular weight excluding hydrogens is 208 g/mol. The van der Waals surface area contributed by atoms with Gasteiger partial charge in [-0.1, -0.05) is 18.2 Å². The molecule has 0 spiro atoms. The third-order valence-electron chi connectivity index (χ3n) is 4.09. The van der Waals surface area contributed by atoms with Crippen LogP contribution in [0.25, 0.3) is 0 Å². The van der Waals surface area contributed by atoms with E-state index >= 15 is 0 Å². The molecule has 17 heavy (non-hydrogen) atoms. The minimum atomic E-state index is 0.781. The van der Waals surface area contributed by atoms with Gasteiger partial charge in [-0.25, -0.2) is 0 Å². The van der Waals surface area contributed by atoms with Crippen LogP contribution in [0.3, 0.4) is 0 Å². The number of anilines is 1. The average Bonchev–Trinajstić information content (AvgIpc) is 3.22. The van der Waals surface area contributed by atoms with Crippen molar-refractivity contribution in [2.24, 2.45) is 5.92 Å². The number of benzene rings is 1. The standard InChI is InChI=1S/C15H22N2/c1-2-4-14(5-3-1)17(12-13-6-7-13)15-8-10-16-11-9-15/h1-5,13,15-16H,6-12H2/p+1. The second-order valence-electron chi connectivity index (χ2n) is 5.53. The van der Waals surface area contributed by atoms with Gasteiger partial charge < -0.3 is 10.2 Å². The molecular formula is C15H23N2+. The van der Waals surface area contributed by atoms with Crippen molar-refractivity contribution in [1.29, 1.82) is 0 Å². The zero-order valence-corrected chi connectivity index (χ0v) is 10.5. The topological polar surface area (TPSA) is 19.9 Å². The predicted octanol–water partition coefficient (Wildman–Crippen LogP) is 1.63. The Morgan fingerprint density at radius 2 is 1.71 bits per heavy atom. The molecule has 92 valence electrons. The summed E-state index contributed by atoms with van der Waals surface area (Å²) < 4.78 is 0. The van der Waals surface area contributed by atoms with E-state index in [0.29, 0.717) is 0 Å². The summed E-state index contributed by atoms with van der Waals surface area (Å²) in [6.07, 6.45) is 5.59. The molecule has 2 heteroatoms. The Morgan fingerprint density at radius 3 is 2.35 bits per heavy atom. The molecule has 0 radical (unpaired) electrons. The van der Waals surface area contributed by atoms with E-state index in [1.165, 1.54) is 51.0 Å². The third-order valence-corrected chi connectivity index (χ3v) is 4.09. The molecule has 1 heterocycles. The van der Waals surface area contributed by atoms with Crippen molar-refractivity contribution < 1.29 is 5.32 Å². The van der Waals surface area contributed by atoms with Crippen LogP contribution in [0.4, 0.5) is 5.69 Å². The molecule has 0 aromatic heterocycles. The van der Waals surface area contributed by atoms with Crippen LogP contribution in [0.5, 0.6) is 0 Å². The number of nitrogens with two attached hydrogens (primary N) is 1. The lowest BCUT2D eigenvalue weighted by Crippen LogP contribution is -2.87. The number of quaternary nitrogens is 1. The fourth-order valence-corrected chi connectivity index (χ4v) is 2.88. The smallest absolute Gasteiger partial charge is 0.0775 e. The van der Waals surface area contributed by atoms with Crippen LogP contribution in [0, 0.1) is 5.92 Å². The Labute approximate surface area is 104 Å². The van der Waals surface area contributed by atoms with Gasteiger partial charge in [0.2, 0.25) is 0 Å². The van der Waals surface area contributed by atoms with Crippen LogP contribution in [0.1, 0.15) is 25.7 Å². The van der Waals surface area contributed by atoms with Gasteiger partial charge in [0, 0.05) is 31.1 Å². The maximum Gasteiger partial charge on any atom is 0.0775 e. The van der Waals surface area contributed by atoms with Crippen LogP contribution in [-0.2, 0) is 0 Å². The van der Waals surface area contributed by atoms with Gasteiger partial charge in [0.15, 0.2) is 0 Å². The molecule has 2 fully saturated rings. The molecule has 2 nitrogen and oxygen atoms in total. The number of nitrogens with zero attached hydrogens (tertiary/aromatic N) is 1. The van der Waals surface area contributed by atoms with Crippen LogP contribution in [0.2, 0.25) is 0 Å². The Hall–Kier alpha value is -1.02. The van der Waals surface area contributed by atoms with E-state index in [-0.39, 0.29) is 0 Å². The highest BCUT2D eigenvalue weighted by atomic mass is 15.2. The lowest BCUT2D eigenvalue weighted by Gasteiger charge is -2.35. The van der Waals surface area contributed by atoms with Crippen molar-refractivity contribution in [3.05, 3.63) is 30.3 Å². The van der Waals surface area contributed by atoms with Crippen molar-refractivity contribution in [3.63, 3.8) is 0 Å². The molecule has 0 bridgehead atoms. The Balaban J connectivity index is 1.75. The maximum atomic E-state index is 2.69. The number of hydrogen-bond acceptors (Lipinski definition) is 1. The molecule has 1 saturated carbocycles. The van der Waals surface area contributed by atoms with Gasteiger partial charge in [-0.2, -0.15) is 0 Å². The van der Waals surface area contributed by atoms with E-state index in [9.17, 15) is 0 Å². The maximum absolute atomic E-state index is 2.69. The molecule has 1 aromatic carbocycles. The molecule has 1 saturated heterocycles. The molecule has 3 rings (SSSR count). The summed E-state index contributed by atoms with van der Waals surface area (Å²) in [5.41, 5.74) is 1.44. The van der Waals surface area contributed by atoms with E-state index < -0.39 is 0 Å². The summed E-state index contributed by atoms with van der Waals surface area (Å²) in [6, 6.07) is 11.8. The Bertz CT molecular complexity index is 339. The van der Waals surface area contributed by atoms with Crippen molar-refractivity contribution in [3.8, 4) is 0 Å². The van der Waals surface area contributed by atoms with Crippen molar-refractivity contribution >= 4 is 5.69 Å². The van der Waals surface area contributed by atoms with E-state index in [2.05, 4.69) is 40.5 Å². The summed E-state index contributed by atoms with van der Waals surface area (Å²) >= 11 is 0. The zero-order valence-electron chi connectivity index (χ0n) is 10.5. The molecule has 1 aliphatic heterocycles.